The van der Waals surface area contributed by atoms with Crippen molar-refractivity contribution < 1.29 is 4.79 Å². The van der Waals surface area contributed by atoms with Crippen LogP contribution in [0.5, 0.6) is 0 Å². The Hall–Kier alpha value is -0.860. The molecule has 2 aliphatic carbocycles. The second-order valence-electron chi connectivity index (χ2n) is 7.15. The third-order valence-corrected chi connectivity index (χ3v) is 5.93. The topological polar surface area (TPSA) is 20.3 Å². The van der Waals surface area contributed by atoms with Crippen LogP contribution >= 0.6 is 11.6 Å². The highest BCUT2D eigenvalue weighted by molar-refractivity contribution is 6.31. The number of hydrogen-bond donors (Lipinski definition) is 0. The van der Waals surface area contributed by atoms with E-state index in [9.17, 15) is 4.79 Å². The maximum atomic E-state index is 13.0. The Bertz CT molecular complexity index is 571. The van der Waals surface area contributed by atoms with Crippen LogP contribution in [0.25, 0.3) is 0 Å². The number of carbonyl (C=O) groups excluding carboxylic acids is 1. The first-order valence-corrected chi connectivity index (χ1v) is 8.60. The number of piperidine rings is 1. The van der Waals surface area contributed by atoms with Gasteiger partial charge in [-0.05, 0) is 75.2 Å². The number of benzene rings is 1. The van der Waals surface area contributed by atoms with Crippen LogP contribution in [0.15, 0.2) is 18.2 Å². The fourth-order valence-electron chi connectivity index (χ4n) is 4.06. The van der Waals surface area contributed by atoms with Crippen LogP contribution < -0.4 is 0 Å². The predicted molar refractivity (Wildman–Crippen MR) is 84.9 cm³/mol. The van der Waals surface area contributed by atoms with Crippen LogP contribution in [0, 0.1) is 11.3 Å². The molecule has 1 spiro atoms. The van der Waals surface area contributed by atoms with Crippen LogP contribution in [-0.2, 0) is 6.42 Å². The van der Waals surface area contributed by atoms with Crippen LogP contribution in [0.1, 0.15) is 48.0 Å². The van der Waals surface area contributed by atoms with Gasteiger partial charge in [0.05, 0.1) is 0 Å². The number of likely N-dealkylation sites (tertiary alicyclic amines) is 1. The average molecular weight is 304 g/mol. The third-order valence-electron chi connectivity index (χ3n) is 5.70. The minimum absolute atomic E-state index is 0.0995. The summed E-state index contributed by atoms with van der Waals surface area (Å²) in [6, 6.07) is 5.82. The van der Waals surface area contributed by atoms with Crippen molar-refractivity contribution in [2.75, 3.05) is 19.6 Å². The summed E-state index contributed by atoms with van der Waals surface area (Å²) >= 11 is 6.10. The highest BCUT2D eigenvalue weighted by atomic mass is 35.5. The first-order valence-electron chi connectivity index (χ1n) is 8.22. The molecule has 0 amide bonds. The quantitative estimate of drug-likeness (QED) is 0.824. The summed E-state index contributed by atoms with van der Waals surface area (Å²) in [6.07, 6.45) is 6.94. The molecular formula is C18H22ClNO. The minimum Gasteiger partial charge on any atom is -0.303 e. The van der Waals surface area contributed by atoms with Crippen LogP contribution in [0.3, 0.4) is 0 Å². The molecule has 4 rings (SSSR count). The zero-order chi connectivity index (χ0) is 14.4. The molecule has 0 bridgehead atoms. The number of nitrogens with zero attached hydrogens (tertiary/aromatic N) is 1. The molecule has 3 aliphatic rings. The van der Waals surface area contributed by atoms with E-state index in [1.54, 1.807) is 0 Å². The number of rotatable bonds is 2. The van der Waals surface area contributed by atoms with Gasteiger partial charge < -0.3 is 4.90 Å². The minimum atomic E-state index is -0.0995. The largest absolute Gasteiger partial charge is 0.303 e. The lowest BCUT2D eigenvalue weighted by atomic mass is 9.65. The maximum Gasteiger partial charge on any atom is 0.169 e. The second-order valence-corrected chi connectivity index (χ2v) is 7.59. The molecule has 0 aromatic heterocycles. The third kappa shape index (κ3) is 2.53. The van der Waals surface area contributed by atoms with E-state index >= 15 is 0 Å². The molecule has 0 atom stereocenters. The van der Waals surface area contributed by atoms with E-state index in [-0.39, 0.29) is 5.41 Å². The van der Waals surface area contributed by atoms with E-state index in [2.05, 4.69) is 4.90 Å². The fraction of sp³-hybridized carbons (Fsp3) is 0.611. The Kier molecular flexibility index (Phi) is 3.35. The van der Waals surface area contributed by atoms with Gasteiger partial charge in [0.15, 0.2) is 5.78 Å². The van der Waals surface area contributed by atoms with Gasteiger partial charge in [0, 0.05) is 22.5 Å². The maximum absolute atomic E-state index is 13.0. The highest BCUT2D eigenvalue weighted by Gasteiger charge is 2.44. The monoisotopic (exact) mass is 303 g/mol. The zero-order valence-corrected chi connectivity index (χ0v) is 13.2. The molecular weight excluding hydrogens is 282 g/mol. The Labute approximate surface area is 131 Å². The van der Waals surface area contributed by atoms with Crippen molar-refractivity contribution in [2.24, 2.45) is 11.3 Å². The van der Waals surface area contributed by atoms with Crippen LogP contribution in [0.4, 0.5) is 0 Å². The van der Waals surface area contributed by atoms with E-state index in [0.29, 0.717) is 10.8 Å². The number of ketones is 1. The standard InChI is InChI=1S/C18H22ClNO/c19-15-4-3-14-5-6-18(17(21)16(14)11-15)7-9-20(10-8-18)12-13-1-2-13/h3-4,11,13H,1-2,5-10,12H2. The molecule has 2 fully saturated rings. The summed E-state index contributed by atoms with van der Waals surface area (Å²) in [4.78, 5) is 15.6. The first-order chi connectivity index (χ1) is 10.2. The van der Waals surface area contributed by atoms with E-state index in [4.69, 9.17) is 11.6 Å². The Morgan fingerprint density at radius 3 is 2.67 bits per heavy atom. The van der Waals surface area contributed by atoms with Gasteiger partial charge in [-0.25, -0.2) is 0 Å². The lowest BCUT2D eigenvalue weighted by molar-refractivity contribution is 0.0534. The molecule has 3 heteroatoms. The molecule has 1 aliphatic heterocycles. The predicted octanol–water partition coefficient (Wildman–Crippen LogP) is 3.96. The highest BCUT2D eigenvalue weighted by Crippen LogP contribution is 2.44. The fourth-order valence-corrected chi connectivity index (χ4v) is 4.23. The van der Waals surface area contributed by atoms with Crippen LogP contribution in [-0.4, -0.2) is 30.3 Å². The van der Waals surface area contributed by atoms with Crippen molar-refractivity contribution >= 4 is 17.4 Å². The van der Waals surface area contributed by atoms with Gasteiger partial charge in [-0.2, -0.15) is 0 Å². The van der Waals surface area contributed by atoms with Gasteiger partial charge in [-0.15, -0.1) is 0 Å². The van der Waals surface area contributed by atoms with Crippen molar-refractivity contribution in [1.29, 1.82) is 0 Å². The lowest BCUT2D eigenvalue weighted by Crippen LogP contribution is -2.46. The summed E-state index contributed by atoms with van der Waals surface area (Å²) in [5, 5.41) is 0.685. The van der Waals surface area contributed by atoms with Crippen molar-refractivity contribution in [3.8, 4) is 0 Å². The van der Waals surface area contributed by atoms with E-state index in [1.807, 2.05) is 18.2 Å². The number of Topliss-reactive ketones (excluding diaryl/α,β-unsaturated/α-hetero) is 1. The Balaban J connectivity index is 1.52. The van der Waals surface area contributed by atoms with E-state index < -0.39 is 0 Å². The summed E-state index contributed by atoms with van der Waals surface area (Å²) in [6.45, 7) is 3.45. The molecule has 1 saturated heterocycles. The number of carbonyl (C=O) groups is 1. The number of halogens is 1. The summed E-state index contributed by atoms with van der Waals surface area (Å²) in [5.74, 6) is 1.30. The number of hydrogen-bond acceptors (Lipinski definition) is 2. The van der Waals surface area contributed by atoms with Gasteiger partial charge in [-0.3, -0.25) is 4.79 Å². The molecule has 0 radical (unpaired) electrons. The van der Waals surface area contributed by atoms with Gasteiger partial charge >= 0.3 is 0 Å². The number of fused-ring (bicyclic) bond motifs is 1. The molecule has 1 saturated carbocycles. The Morgan fingerprint density at radius 2 is 1.95 bits per heavy atom. The SMILES string of the molecule is O=C1c2cc(Cl)ccc2CCC12CCN(CC1CC1)CC2. The van der Waals surface area contributed by atoms with E-state index in [1.165, 1.54) is 24.9 Å². The molecule has 112 valence electrons. The number of aryl methyl sites for hydroxylation is 1. The molecule has 1 aromatic rings. The molecule has 0 N–H and O–H groups in total. The second kappa shape index (κ2) is 5.10. The Morgan fingerprint density at radius 1 is 1.19 bits per heavy atom. The molecule has 0 unspecified atom stereocenters. The van der Waals surface area contributed by atoms with Crippen LogP contribution in [0.2, 0.25) is 5.02 Å². The first kappa shape index (κ1) is 13.8. The summed E-state index contributed by atoms with van der Waals surface area (Å²) < 4.78 is 0. The van der Waals surface area contributed by atoms with Crippen molar-refractivity contribution in [2.45, 2.75) is 38.5 Å². The van der Waals surface area contributed by atoms with Gasteiger partial charge in [0.1, 0.15) is 0 Å². The lowest BCUT2D eigenvalue weighted by Gasteiger charge is -2.43. The van der Waals surface area contributed by atoms with E-state index in [0.717, 1.165) is 50.3 Å². The van der Waals surface area contributed by atoms with Crippen molar-refractivity contribution in [1.82, 2.24) is 4.90 Å². The van der Waals surface area contributed by atoms with Gasteiger partial charge in [0.2, 0.25) is 0 Å². The normalized spacial score (nSPS) is 25.1. The molecule has 1 aromatic carbocycles. The van der Waals surface area contributed by atoms with Crippen molar-refractivity contribution in [3.05, 3.63) is 34.3 Å². The smallest absolute Gasteiger partial charge is 0.169 e. The molecule has 1 heterocycles. The van der Waals surface area contributed by atoms with Crippen molar-refractivity contribution in [3.63, 3.8) is 0 Å². The zero-order valence-electron chi connectivity index (χ0n) is 12.4. The van der Waals surface area contributed by atoms with Gasteiger partial charge in [-0.1, -0.05) is 17.7 Å². The molecule has 2 nitrogen and oxygen atoms in total. The average Bonchev–Trinajstić information content (AvgIpc) is 3.30. The molecule has 21 heavy (non-hydrogen) atoms. The van der Waals surface area contributed by atoms with Gasteiger partial charge in [0.25, 0.3) is 0 Å². The summed E-state index contributed by atoms with van der Waals surface area (Å²) in [5.41, 5.74) is 1.98. The summed E-state index contributed by atoms with van der Waals surface area (Å²) in [7, 11) is 0.